The Kier molecular flexibility index (Phi) is 4.07. The predicted molar refractivity (Wildman–Crippen MR) is 61.6 cm³/mol. The minimum absolute atomic E-state index is 0.120. The second-order valence-corrected chi connectivity index (χ2v) is 3.96. The fraction of sp³-hybridized carbons (Fsp3) is 0.273. The monoisotopic (exact) mass is 259 g/mol. The molecule has 92 valence electrons. The summed E-state index contributed by atoms with van der Waals surface area (Å²) in [6.45, 7) is 1.28. The third-order valence-corrected chi connectivity index (χ3v) is 2.65. The van der Waals surface area contributed by atoms with Crippen LogP contribution in [-0.4, -0.2) is 24.0 Å². The number of amides is 1. The lowest BCUT2D eigenvalue weighted by Gasteiger charge is -2.19. The Hall–Kier alpha value is -1.62. The Labute approximate surface area is 103 Å². The summed E-state index contributed by atoms with van der Waals surface area (Å²) in [6, 6.07) is 3.74. The summed E-state index contributed by atoms with van der Waals surface area (Å²) >= 11 is 5.58. The molecule has 1 aromatic rings. The van der Waals surface area contributed by atoms with Crippen molar-refractivity contribution in [3.05, 3.63) is 29.0 Å². The van der Waals surface area contributed by atoms with Crippen LogP contribution in [-0.2, 0) is 9.59 Å². The van der Waals surface area contributed by atoms with Crippen LogP contribution < -0.4 is 4.90 Å². The lowest BCUT2D eigenvalue weighted by Crippen LogP contribution is -2.35. The predicted octanol–water partition coefficient (Wildman–Crippen LogP) is 2.16. The van der Waals surface area contributed by atoms with Crippen molar-refractivity contribution in [3.63, 3.8) is 0 Å². The van der Waals surface area contributed by atoms with E-state index >= 15 is 0 Å². The number of nitrogens with zero attached hydrogens (tertiary/aromatic N) is 1. The number of hydrogen-bond donors (Lipinski definition) is 1. The van der Waals surface area contributed by atoms with Gasteiger partial charge in [-0.2, -0.15) is 0 Å². The molecule has 0 saturated heterocycles. The lowest BCUT2D eigenvalue weighted by atomic mass is 10.1. The van der Waals surface area contributed by atoms with Gasteiger partial charge in [0, 0.05) is 12.7 Å². The van der Waals surface area contributed by atoms with Gasteiger partial charge in [-0.1, -0.05) is 11.6 Å². The molecule has 17 heavy (non-hydrogen) atoms. The van der Waals surface area contributed by atoms with Gasteiger partial charge in [-0.15, -0.1) is 0 Å². The first-order valence-electron chi connectivity index (χ1n) is 4.80. The van der Waals surface area contributed by atoms with Gasteiger partial charge in [0.15, 0.2) is 0 Å². The molecule has 0 heterocycles. The highest BCUT2D eigenvalue weighted by molar-refractivity contribution is 6.31. The highest BCUT2D eigenvalue weighted by atomic mass is 35.5. The molecule has 0 radical (unpaired) electrons. The van der Waals surface area contributed by atoms with Crippen molar-refractivity contribution in [1.82, 2.24) is 0 Å². The maximum absolute atomic E-state index is 12.9. The molecule has 0 aliphatic rings. The van der Waals surface area contributed by atoms with E-state index in [0.717, 1.165) is 11.0 Å². The normalized spacial score (nSPS) is 12.0. The van der Waals surface area contributed by atoms with Gasteiger partial charge in [-0.05, 0) is 25.1 Å². The standard InChI is InChI=1S/C11H11ClFNO3/c1-6(11(16)17)10(15)14(2)7-3-4-9(13)8(12)5-7/h3-6H,1-2H3,(H,16,17). The van der Waals surface area contributed by atoms with Crippen molar-refractivity contribution >= 4 is 29.2 Å². The fourth-order valence-corrected chi connectivity index (χ4v) is 1.39. The third kappa shape index (κ3) is 2.94. The van der Waals surface area contributed by atoms with Crippen molar-refractivity contribution in [2.45, 2.75) is 6.92 Å². The van der Waals surface area contributed by atoms with Gasteiger partial charge >= 0.3 is 5.97 Å². The molecule has 0 saturated carbocycles. The fourth-order valence-electron chi connectivity index (χ4n) is 1.22. The molecule has 0 aromatic heterocycles. The van der Waals surface area contributed by atoms with E-state index in [9.17, 15) is 14.0 Å². The van der Waals surface area contributed by atoms with Crippen molar-refractivity contribution < 1.29 is 19.1 Å². The molecule has 1 aromatic carbocycles. The van der Waals surface area contributed by atoms with Crippen LogP contribution in [0.5, 0.6) is 0 Å². The molecule has 4 nitrogen and oxygen atoms in total. The molecular weight excluding hydrogens is 249 g/mol. The maximum Gasteiger partial charge on any atom is 0.315 e. The van der Waals surface area contributed by atoms with Crippen LogP contribution in [0.15, 0.2) is 18.2 Å². The number of carboxylic acid groups (broad SMARTS) is 1. The number of anilines is 1. The van der Waals surface area contributed by atoms with E-state index in [-0.39, 0.29) is 5.02 Å². The van der Waals surface area contributed by atoms with E-state index in [1.54, 1.807) is 0 Å². The van der Waals surface area contributed by atoms with Crippen LogP contribution in [0.1, 0.15) is 6.92 Å². The summed E-state index contributed by atoms with van der Waals surface area (Å²) in [7, 11) is 1.41. The van der Waals surface area contributed by atoms with Crippen LogP contribution in [0.2, 0.25) is 5.02 Å². The van der Waals surface area contributed by atoms with Gasteiger partial charge < -0.3 is 10.0 Å². The molecule has 0 fully saturated rings. The Morgan fingerprint density at radius 3 is 2.53 bits per heavy atom. The lowest BCUT2D eigenvalue weighted by molar-refractivity contribution is -0.145. The molecule has 0 bridgehead atoms. The van der Waals surface area contributed by atoms with Crippen LogP contribution in [0, 0.1) is 11.7 Å². The van der Waals surface area contributed by atoms with Crippen LogP contribution in [0.4, 0.5) is 10.1 Å². The minimum Gasteiger partial charge on any atom is -0.481 e. The molecule has 1 amide bonds. The number of halogens is 2. The van der Waals surface area contributed by atoms with Crippen molar-refractivity contribution in [2.24, 2.45) is 5.92 Å². The number of carboxylic acids is 1. The quantitative estimate of drug-likeness (QED) is 0.847. The second kappa shape index (κ2) is 5.14. The second-order valence-electron chi connectivity index (χ2n) is 3.56. The van der Waals surface area contributed by atoms with Crippen molar-refractivity contribution in [3.8, 4) is 0 Å². The summed E-state index contributed by atoms with van der Waals surface area (Å²) < 4.78 is 12.9. The van der Waals surface area contributed by atoms with Crippen LogP contribution in [0.3, 0.4) is 0 Å². The average Bonchev–Trinajstić information content (AvgIpc) is 2.29. The maximum atomic E-state index is 12.9. The van der Waals surface area contributed by atoms with Crippen LogP contribution >= 0.6 is 11.6 Å². The number of carbonyl (C=O) groups is 2. The molecule has 1 unspecified atom stereocenters. The van der Waals surface area contributed by atoms with Gasteiger partial charge in [-0.3, -0.25) is 9.59 Å². The van der Waals surface area contributed by atoms with E-state index in [2.05, 4.69) is 0 Å². The summed E-state index contributed by atoms with van der Waals surface area (Å²) in [4.78, 5) is 23.5. The van der Waals surface area contributed by atoms with Crippen LogP contribution in [0.25, 0.3) is 0 Å². The molecule has 0 aliphatic carbocycles. The molecule has 1 N–H and O–H groups in total. The summed E-state index contributed by atoms with van der Waals surface area (Å²) in [6.07, 6.45) is 0. The first kappa shape index (κ1) is 13.4. The van der Waals surface area contributed by atoms with E-state index in [0.29, 0.717) is 5.69 Å². The topological polar surface area (TPSA) is 57.6 Å². The van der Waals surface area contributed by atoms with Gasteiger partial charge in [0.1, 0.15) is 11.7 Å². The SMILES string of the molecule is CC(C(=O)O)C(=O)N(C)c1ccc(F)c(Cl)c1. The highest BCUT2D eigenvalue weighted by Crippen LogP contribution is 2.22. The smallest absolute Gasteiger partial charge is 0.315 e. The third-order valence-electron chi connectivity index (χ3n) is 2.36. The molecule has 6 heteroatoms. The highest BCUT2D eigenvalue weighted by Gasteiger charge is 2.25. The van der Waals surface area contributed by atoms with Gasteiger partial charge in [0.05, 0.1) is 5.02 Å². The number of hydrogen-bond acceptors (Lipinski definition) is 2. The Bertz CT molecular complexity index is 464. The van der Waals surface area contributed by atoms with E-state index < -0.39 is 23.6 Å². The minimum atomic E-state index is -1.21. The van der Waals surface area contributed by atoms with Crippen molar-refractivity contribution in [1.29, 1.82) is 0 Å². The van der Waals surface area contributed by atoms with E-state index in [1.165, 1.54) is 26.1 Å². The summed E-state index contributed by atoms with van der Waals surface area (Å²) in [5, 5.41) is 8.59. The largest absolute Gasteiger partial charge is 0.481 e. The van der Waals surface area contributed by atoms with E-state index in [1.807, 2.05) is 0 Å². The molecule has 1 atom stereocenters. The number of aliphatic carboxylic acids is 1. The molecule has 0 aliphatic heterocycles. The summed E-state index contributed by atoms with van der Waals surface area (Å²) in [5.41, 5.74) is 0.342. The van der Waals surface area contributed by atoms with Gasteiger partial charge in [0.2, 0.25) is 5.91 Å². The van der Waals surface area contributed by atoms with E-state index in [4.69, 9.17) is 16.7 Å². The molecular formula is C11H11ClFNO3. The number of benzene rings is 1. The first-order valence-corrected chi connectivity index (χ1v) is 5.17. The molecule has 0 spiro atoms. The number of carbonyl (C=O) groups excluding carboxylic acids is 1. The zero-order chi connectivity index (χ0) is 13.2. The van der Waals surface area contributed by atoms with Crippen molar-refractivity contribution in [2.75, 3.05) is 11.9 Å². The summed E-state index contributed by atoms with van der Waals surface area (Å²) in [5.74, 6) is -3.57. The Morgan fingerprint density at radius 1 is 1.47 bits per heavy atom. The number of rotatable bonds is 3. The van der Waals surface area contributed by atoms with Gasteiger partial charge in [0.25, 0.3) is 0 Å². The molecule has 1 rings (SSSR count). The first-order chi connectivity index (χ1) is 7.84. The zero-order valence-corrected chi connectivity index (χ0v) is 10.0. The Balaban J connectivity index is 2.96. The zero-order valence-electron chi connectivity index (χ0n) is 9.28. The average molecular weight is 260 g/mol. The van der Waals surface area contributed by atoms with Gasteiger partial charge in [-0.25, -0.2) is 4.39 Å². The Morgan fingerprint density at radius 2 is 2.06 bits per heavy atom.